The lowest BCUT2D eigenvalue weighted by Gasteiger charge is -2.15. The van der Waals surface area contributed by atoms with Crippen LogP contribution in [0.15, 0.2) is 11.3 Å². The van der Waals surface area contributed by atoms with Crippen LogP contribution in [0.3, 0.4) is 0 Å². The van der Waals surface area contributed by atoms with E-state index in [0.29, 0.717) is 12.0 Å². The van der Waals surface area contributed by atoms with Gasteiger partial charge in [0, 0.05) is 17.5 Å². The molecule has 14 heavy (non-hydrogen) atoms. The Balaban J connectivity index is 2.59. The molecule has 0 bridgehead atoms. The van der Waals surface area contributed by atoms with Gasteiger partial charge in [0.15, 0.2) is 0 Å². The Morgan fingerprint density at radius 2 is 2.00 bits per heavy atom. The highest BCUT2D eigenvalue weighted by Gasteiger charge is 2.21. The quantitative estimate of drug-likeness (QED) is 0.648. The standard InChI is InChI=1S/C12H22N2/c1-5-8(2)12(13)9(3)10(4)14-11-6-7-11/h8,11,13-14H,5-7H2,1-4H3/b10-9-,13-12?. The average Bonchev–Trinajstić information content (AvgIpc) is 2.97. The zero-order chi connectivity index (χ0) is 10.7. The van der Waals surface area contributed by atoms with Crippen LogP contribution in [-0.2, 0) is 0 Å². The predicted molar refractivity (Wildman–Crippen MR) is 61.7 cm³/mol. The molecule has 0 aromatic heterocycles. The molecule has 1 aliphatic rings. The van der Waals surface area contributed by atoms with Crippen molar-refractivity contribution < 1.29 is 0 Å². The molecule has 0 aromatic rings. The van der Waals surface area contributed by atoms with Gasteiger partial charge in [-0.3, -0.25) is 0 Å². The number of hydrogen-bond donors (Lipinski definition) is 2. The Hall–Kier alpha value is -0.790. The van der Waals surface area contributed by atoms with Gasteiger partial charge in [0.2, 0.25) is 0 Å². The minimum absolute atomic E-state index is 0.381. The molecule has 0 saturated heterocycles. The Kier molecular flexibility index (Phi) is 3.73. The Morgan fingerprint density at radius 3 is 2.43 bits per heavy atom. The van der Waals surface area contributed by atoms with Crippen LogP contribution in [0.25, 0.3) is 0 Å². The van der Waals surface area contributed by atoms with E-state index in [1.54, 1.807) is 0 Å². The SMILES string of the molecule is CCC(C)C(=N)/C(C)=C(/C)NC1CC1. The molecule has 0 radical (unpaired) electrons. The maximum atomic E-state index is 8.00. The molecule has 80 valence electrons. The van der Waals surface area contributed by atoms with Crippen LogP contribution in [0.2, 0.25) is 0 Å². The third kappa shape index (κ3) is 2.86. The lowest BCUT2D eigenvalue weighted by atomic mass is 9.96. The first-order valence-corrected chi connectivity index (χ1v) is 5.59. The number of nitrogens with one attached hydrogen (secondary N) is 2. The van der Waals surface area contributed by atoms with E-state index in [4.69, 9.17) is 5.41 Å². The van der Waals surface area contributed by atoms with Crippen molar-refractivity contribution in [3.8, 4) is 0 Å². The van der Waals surface area contributed by atoms with Crippen LogP contribution in [0.5, 0.6) is 0 Å². The van der Waals surface area contributed by atoms with Crippen molar-refractivity contribution in [2.24, 2.45) is 5.92 Å². The summed E-state index contributed by atoms with van der Waals surface area (Å²) in [4.78, 5) is 0. The smallest absolute Gasteiger partial charge is 0.0388 e. The first kappa shape index (κ1) is 11.3. The lowest BCUT2D eigenvalue weighted by Crippen LogP contribution is -2.19. The first-order chi connectivity index (χ1) is 6.56. The van der Waals surface area contributed by atoms with E-state index in [2.05, 4.69) is 33.0 Å². The molecule has 0 spiro atoms. The van der Waals surface area contributed by atoms with Crippen molar-refractivity contribution in [2.45, 2.75) is 53.0 Å². The molecule has 0 aromatic carbocycles. The van der Waals surface area contributed by atoms with Crippen LogP contribution >= 0.6 is 0 Å². The highest BCUT2D eigenvalue weighted by atomic mass is 15.0. The van der Waals surface area contributed by atoms with Crippen LogP contribution in [0.4, 0.5) is 0 Å². The summed E-state index contributed by atoms with van der Waals surface area (Å²) in [6.45, 7) is 8.40. The molecule has 1 rings (SSSR count). The van der Waals surface area contributed by atoms with Crippen molar-refractivity contribution >= 4 is 5.71 Å². The Labute approximate surface area is 87.3 Å². The fraction of sp³-hybridized carbons (Fsp3) is 0.750. The van der Waals surface area contributed by atoms with Gasteiger partial charge in [-0.1, -0.05) is 13.8 Å². The summed E-state index contributed by atoms with van der Waals surface area (Å²) in [6.07, 6.45) is 3.63. The molecule has 1 fully saturated rings. The third-order valence-electron chi connectivity index (χ3n) is 3.07. The maximum Gasteiger partial charge on any atom is 0.0388 e. The minimum Gasteiger partial charge on any atom is -0.386 e. The van der Waals surface area contributed by atoms with Gasteiger partial charge in [0.25, 0.3) is 0 Å². The van der Waals surface area contributed by atoms with E-state index in [9.17, 15) is 0 Å². The molecular weight excluding hydrogens is 172 g/mol. The molecular formula is C12H22N2. The monoisotopic (exact) mass is 194 g/mol. The van der Waals surface area contributed by atoms with Gasteiger partial charge in [0.05, 0.1) is 0 Å². The van der Waals surface area contributed by atoms with E-state index >= 15 is 0 Å². The summed E-state index contributed by atoms with van der Waals surface area (Å²) in [5.74, 6) is 0.381. The van der Waals surface area contributed by atoms with Crippen LogP contribution in [-0.4, -0.2) is 11.8 Å². The van der Waals surface area contributed by atoms with Gasteiger partial charge in [0.1, 0.15) is 0 Å². The zero-order valence-corrected chi connectivity index (χ0v) is 9.78. The van der Waals surface area contributed by atoms with E-state index in [0.717, 1.165) is 17.7 Å². The summed E-state index contributed by atoms with van der Waals surface area (Å²) < 4.78 is 0. The lowest BCUT2D eigenvalue weighted by molar-refractivity contribution is 0.728. The number of allylic oxidation sites excluding steroid dienone is 2. The van der Waals surface area contributed by atoms with Crippen LogP contribution in [0.1, 0.15) is 47.0 Å². The number of rotatable bonds is 5. The highest BCUT2D eigenvalue weighted by Crippen LogP contribution is 2.21. The first-order valence-electron chi connectivity index (χ1n) is 5.59. The second kappa shape index (κ2) is 4.63. The second-order valence-corrected chi connectivity index (χ2v) is 4.39. The summed E-state index contributed by atoms with van der Waals surface area (Å²) in [6, 6.07) is 0.690. The van der Waals surface area contributed by atoms with Crippen molar-refractivity contribution in [2.75, 3.05) is 0 Å². The molecule has 1 atom stereocenters. The van der Waals surface area contributed by atoms with Gasteiger partial charge in [-0.25, -0.2) is 0 Å². The Bertz CT molecular complexity index is 249. The second-order valence-electron chi connectivity index (χ2n) is 4.39. The predicted octanol–water partition coefficient (Wildman–Crippen LogP) is 3.10. The molecule has 2 N–H and O–H groups in total. The average molecular weight is 194 g/mol. The molecule has 1 saturated carbocycles. The van der Waals surface area contributed by atoms with Crippen molar-refractivity contribution in [1.82, 2.24) is 5.32 Å². The summed E-state index contributed by atoms with van der Waals surface area (Å²) in [7, 11) is 0. The topological polar surface area (TPSA) is 35.9 Å². The molecule has 0 heterocycles. The fourth-order valence-corrected chi connectivity index (χ4v) is 1.42. The Morgan fingerprint density at radius 1 is 1.43 bits per heavy atom. The van der Waals surface area contributed by atoms with Crippen molar-refractivity contribution in [1.29, 1.82) is 5.41 Å². The normalized spacial score (nSPS) is 20.0. The molecule has 0 amide bonds. The molecule has 2 nitrogen and oxygen atoms in total. The summed E-state index contributed by atoms with van der Waals surface area (Å²) >= 11 is 0. The number of hydrogen-bond acceptors (Lipinski definition) is 2. The largest absolute Gasteiger partial charge is 0.386 e. The molecule has 0 aliphatic heterocycles. The zero-order valence-electron chi connectivity index (χ0n) is 9.78. The highest BCUT2D eigenvalue weighted by molar-refractivity contribution is 5.99. The van der Waals surface area contributed by atoms with E-state index in [-0.39, 0.29) is 0 Å². The van der Waals surface area contributed by atoms with Gasteiger partial charge < -0.3 is 10.7 Å². The van der Waals surface area contributed by atoms with Gasteiger partial charge >= 0.3 is 0 Å². The van der Waals surface area contributed by atoms with E-state index < -0.39 is 0 Å². The maximum absolute atomic E-state index is 8.00. The van der Waals surface area contributed by atoms with Crippen LogP contribution < -0.4 is 5.32 Å². The molecule has 2 heteroatoms. The van der Waals surface area contributed by atoms with Crippen molar-refractivity contribution in [3.63, 3.8) is 0 Å². The minimum atomic E-state index is 0.381. The van der Waals surface area contributed by atoms with Gasteiger partial charge in [-0.05, 0) is 44.6 Å². The van der Waals surface area contributed by atoms with E-state index in [1.165, 1.54) is 18.5 Å². The summed E-state index contributed by atoms with van der Waals surface area (Å²) in [5.41, 5.74) is 3.11. The molecule has 1 unspecified atom stereocenters. The van der Waals surface area contributed by atoms with Crippen molar-refractivity contribution in [3.05, 3.63) is 11.3 Å². The third-order valence-corrected chi connectivity index (χ3v) is 3.07. The summed E-state index contributed by atoms with van der Waals surface area (Å²) in [5, 5.41) is 11.5. The fourth-order valence-electron chi connectivity index (χ4n) is 1.42. The van der Waals surface area contributed by atoms with Gasteiger partial charge in [-0.2, -0.15) is 0 Å². The van der Waals surface area contributed by atoms with Crippen LogP contribution in [0, 0.1) is 11.3 Å². The van der Waals surface area contributed by atoms with E-state index in [1.807, 2.05) is 0 Å². The van der Waals surface area contributed by atoms with Gasteiger partial charge in [-0.15, -0.1) is 0 Å². The molecule has 1 aliphatic carbocycles.